The van der Waals surface area contributed by atoms with Crippen LogP contribution >= 0.6 is 0 Å². The van der Waals surface area contributed by atoms with Gasteiger partial charge in [0.2, 0.25) is 15.9 Å². The smallest absolute Gasteiger partial charge is 0.243 e. The maximum atomic E-state index is 13.1. The summed E-state index contributed by atoms with van der Waals surface area (Å²) in [7, 11) is -3.76. The second-order valence-corrected chi connectivity index (χ2v) is 11.2. The molecular weight excluding hydrogens is 426 g/mol. The Kier molecular flexibility index (Phi) is 5.36. The predicted octanol–water partition coefficient (Wildman–Crippen LogP) is 2.30. The molecule has 3 fully saturated rings. The van der Waals surface area contributed by atoms with Crippen molar-refractivity contribution in [1.82, 2.24) is 14.1 Å². The molecule has 3 saturated heterocycles. The number of piperidine rings is 1. The van der Waals surface area contributed by atoms with E-state index in [1.165, 1.54) is 9.87 Å². The molecule has 1 spiro atoms. The summed E-state index contributed by atoms with van der Waals surface area (Å²) in [6.45, 7) is 5.05. The van der Waals surface area contributed by atoms with E-state index in [4.69, 9.17) is 4.74 Å². The molecule has 1 amide bonds. The summed E-state index contributed by atoms with van der Waals surface area (Å²) in [6.07, 6.45) is 1.65. The van der Waals surface area contributed by atoms with Crippen molar-refractivity contribution in [3.63, 3.8) is 0 Å². The van der Waals surface area contributed by atoms with Crippen LogP contribution in [-0.2, 0) is 26.1 Å². The highest BCUT2D eigenvalue weighted by Crippen LogP contribution is 2.43. The van der Waals surface area contributed by atoms with E-state index in [0.717, 1.165) is 32.5 Å². The molecule has 0 aromatic heterocycles. The normalized spacial score (nSPS) is 26.4. The van der Waals surface area contributed by atoms with Crippen LogP contribution in [0.25, 0.3) is 0 Å². The third-order valence-electron chi connectivity index (χ3n) is 6.93. The van der Waals surface area contributed by atoms with E-state index in [1.807, 2.05) is 13.0 Å². The van der Waals surface area contributed by atoms with Gasteiger partial charge in [-0.2, -0.15) is 4.31 Å². The lowest BCUT2D eigenvalue weighted by atomic mass is 9.91. The van der Waals surface area contributed by atoms with Gasteiger partial charge in [-0.3, -0.25) is 9.69 Å². The number of carbonyl (C=O) groups excluding carboxylic acids is 1. The number of carbonyl (C=O) groups is 1. The quantitative estimate of drug-likeness (QED) is 0.708. The van der Waals surface area contributed by atoms with Crippen molar-refractivity contribution < 1.29 is 17.9 Å². The lowest BCUT2D eigenvalue weighted by molar-refractivity contribution is -0.174. The number of hydrogen-bond acceptors (Lipinski definition) is 5. The van der Waals surface area contributed by atoms with E-state index >= 15 is 0 Å². The number of sulfonamides is 1. The third kappa shape index (κ3) is 3.85. The molecule has 3 aliphatic rings. The first-order valence-corrected chi connectivity index (χ1v) is 12.6. The molecule has 32 heavy (non-hydrogen) atoms. The van der Waals surface area contributed by atoms with E-state index < -0.39 is 21.3 Å². The zero-order valence-electron chi connectivity index (χ0n) is 18.3. The number of likely N-dealkylation sites (tertiary alicyclic amines) is 1. The van der Waals surface area contributed by atoms with Crippen molar-refractivity contribution in [2.75, 3.05) is 32.7 Å². The molecule has 1 atom stereocenters. The SMILES string of the molecule is CC12CN(S(=O)(=O)c3ccccc3)CC(=O)N1CC1(CCN(Cc3ccccc3)CC1)O2. The van der Waals surface area contributed by atoms with Crippen LogP contribution in [0.4, 0.5) is 0 Å². The Morgan fingerprint density at radius 1 is 0.938 bits per heavy atom. The maximum absolute atomic E-state index is 13.1. The van der Waals surface area contributed by atoms with Crippen molar-refractivity contribution in [3.8, 4) is 0 Å². The summed E-state index contributed by atoms with van der Waals surface area (Å²) in [5.41, 5.74) is -0.0692. The molecule has 2 aromatic rings. The molecule has 170 valence electrons. The first kappa shape index (κ1) is 21.6. The second kappa shape index (κ2) is 7.95. The van der Waals surface area contributed by atoms with Gasteiger partial charge in [-0.05, 0) is 37.5 Å². The summed E-state index contributed by atoms with van der Waals surface area (Å²) in [5, 5.41) is 0. The van der Waals surface area contributed by atoms with Gasteiger partial charge in [-0.15, -0.1) is 0 Å². The zero-order chi connectivity index (χ0) is 22.4. The van der Waals surface area contributed by atoms with E-state index in [2.05, 4.69) is 29.2 Å². The fourth-order valence-electron chi connectivity index (χ4n) is 5.23. The molecule has 0 saturated carbocycles. The Labute approximate surface area is 189 Å². The number of benzene rings is 2. The van der Waals surface area contributed by atoms with Crippen molar-refractivity contribution in [1.29, 1.82) is 0 Å². The van der Waals surface area contributed by atoms with Crippen LogP contribution in [-0.4, -0.2) is 72.5 Å². The Hall–Kier alpha value is -2.26. The van der Waals surface area contributed by atoms with Crippen LogP contribution in [0.2, 0.25) is 0 Å². The van der Waals surface area contributed by atoms with Gasteiger partial charge in [0.05, 0.1) is 30.1 Å². The Morgan fingerprint density at radius 2 is 1.56 bits per heavy atom. The third-order valence-corrected chi connectivity index (χ3v) is 8.74. The van der Waals surface area contributed by atoms with Gasteiger partial charge in [0.1, 0.15) is 0 Å². The summed E-state index contributed by atoms with van der Waals surface area (Å²) in [4.78, 5) is 17.4. The van der Waals surface area contributed by atoms with Gasteiger partial charge in [0.25, 0.3) is 0 Å². The molecule has 8 heteroatoms. The van der Waals surface area contributed by atoms with Crippen molar-refractivity contribution in [3.05, 3.63) is 66.2 Å². The van der Waals surface area contributed by atoms with Crippen LogP contribution < -0.4 is 0 Å². The predicted molar refractivity (Wildman–Crippen MR) is 120 cm³/mol. The highest BCUT2D eigenvalue weighted by atomic mass is 32.2. The minimum Gasteiger partial charge on any atom is -0.346 e. The van der Waals surface area contributed by atoms with E-state index in [1.54, 1.807) is 35.2 Å². The average molecular weight is 456 g/mol. The number of amides is 1. The van der Waals surface area contributed by atoms with Crippen molar-refractivity contribution in [2.24, 2.45) is 0 Å². The van der Waals surface area contributed by atoms with Gasteiger partial charge in [0.15, 0.2) is 5.72 Å². The molecule has 0 radical (unpaired) electrons. The number of nitrogens with zero attached hydrogens (tertiary/aromatic N) is 3. The molecule has 1 unspecified atom stereocenters. The van der Waals surface area contributed by atoms with Crippen molar-refractivity contribution in [2.45, 2.75) is 42.5 Å². The molecule has 0 N–H and O–H groups in total. The van der Waals surface area contributed by atoms with E-state index in [-0.39, 0.29) is 23.9 Å². The number of rotatable bonds is 4. The molecule has 2 aromatic carbocycles. The number of piperazine rings is 1. The summed E-state index contributed by atoms with van der Waals surface area (Å²) < 4.78 is 34.1. The van der Waals surface area contributed by atoms with Crippen LogP contribution in [0.1, 0.15) is 25.3 Å². The first-order chi connectivity index (χ1) is 15.3. The van der Waals surface area contributed by atoms with E-state index in [9.17, 15) is 13.2 Å². The summed E-state index contributed by atoms with van der Waals surface area (Å²) >= 11 is 0. The molecule has 0 aliphatic carbocycles. The fourth-order valence-corrected chi connectivity index (χ4v) is 6.72. The molecule has 3 aliphatic heterocycles. The topological polar surface area (TPSA) is 70.2 Å². The molecule has 0 bridgehead atoms. The highest BCUT2D eigenvalue weighted by Gasteiger charge is 2.58. The molecule has 5 rings (SSSR count). The van der Waals surface area contributed by atoms with Crippen molar-refractivity contribution >= 4 is 15.9 Å². The minimum absolute atomic E-state index is 0.144. The summed E-state index contributed by atoms with van der Waals surface area (Å²) in [5.74, 6) is -0.193. The van der Waals surface area contributed by atoms with Gasteiger partial charge in [-0.1, -0.05) is 48.5 Å². The largest absolute Gasteiger partial charge is 0.346 e. The second-order valence-electron chi connectivity index (χ2n) is 9.29. The highest BCUT2D eigenvalue weighted by molar-refractivity contribution is 7.89. The Bertz CT molecular complexity index is 1080. The van der Waals surface area contributed by atoms with Gasteiger partial charge in [0, 0.05) is 19.6 Å². The Balaban J connectivity index is 1.29. The Morgan fingerprint density at radius 3 is 2.22 bits per heavy atom. The number of fused-ring (bicyclic) bond motifs is 1. The molecule has 7 nitrogen and oxygen atoms in total. The lowest BCUT2D eigenvalue weighted by Crippen LogP contribution is -2.62. The van der Waals surface area contributed by atoms with Gasteiger partial charge >= 0.3 is 0 Å². The first-order valence-electron chi connectivity index (χ1n) is 11.1. The van der Waals surface area contributed by atoms with Crippen LogP contribution in [0.3, 0.4) is 0 Å². The van der Waals surface area contributed by atoms with Crippen LogP contribution in [0.15, 0.2) is 65.6 Å². The maximum Gasteiger partial charge on any atom is 0.243 e. The lowest BCUT2D eigenvalue weighted by Gasteiger charge is -2.43. The number of ether oxygens (including phenoxy) is 1. The van der Waals surface area contributed by atoms with Gasteiger partial charge < -0.3 is 9.64 Å². The number of hydrogen-bond donors (Lipinski definition) is 0. The monoisotopic (exact) mass is 455 g/mol. The van der Waals surface area contributed by atoms with Crippen LogP contribution in [0.5, 0.6) is 0 Å². The molecule has 3 heterocycles. The molecular formula is C24H29N3O4S. The fraction of sp³-hybridized carbons (Fsp3) is 0.458. The minimum atomic E-state index is -3.76. The standard InChI is InChI=1S/C24H29N3O4S/c1-23-18-26(32(29,30)21-10-6-3-7-11-21)17-22(28)27(23)19-24(31-23)12-14-25(15-13-24)16-20-8-4-2-5-9-20/h2-11H,12-19H2,1H3. The average Bonchev–Trinajstić information content (AvgIpc) is 3.09. The van der Waals surface area contributed by atoms with Crippen LogP contribution in [0, 0.1) is 0 Å². The van der Waals surface area contributed by atoms with Gasteiger partial charge in [-0.25, -0.2) is 8.42 Å². The zero-order valence-corrected chi connectivity index (χ0v) is 19.1. The van der Waals surface area contributed by atoms with E-state index in [0.29, 0.717) is 6.54 Å². The summed E-state index contributed by atoms with van der Waals surface area (Å²) in [6, 6.07) is 18.7.